The van der Waals surface area contributed by atoms with Crippen LogP contribution >= 0.6 is 15.9 Å². The van der Waals surface area contributed by atoms with Gasteiger partial charge in [0.15, 0.2) is 0 Å². The number of carboxylic acid groups (broad SMARTS) is 1. The summed E-state index contributed by atoms with van der Waals surface area (Å²) in [6.45, 7) is 0. The monoisotopic (exact) mass is 306 g/mol. The summed E-state index contributed by atoms with van der Waals surface area (Å²) in [7, 11) is 1.58. The fourth-order valence-corrected chi connectivity index (χ4v) is 2.09. The van der Waals surface area contributed by atoms with E-state index in [1.165, 1.54) is 0 Å². The quantitative estimate of drug-likeness (QED) is 0.937. The Kier molecular flexibility index (Phi) is 3.67. The Labute approximate surface area is 113 Å². The molecule has 0 amide bonds. The minimum absolute atomic E-state index is 0.270. The largest absolute Gasteiger partial charge is 0.497 e. The molecule has 0 heterocycles. The Morgan fingerprint density at radius 2 is 2.00 bits per heavy atom. The molecule has 0 fully saturated rings. The molecule has 92 valence electrons. The lowest BCUT2D eigenvalue weighted by Crippen LogP contribution is -1.99. The number of benzene rings is 2. The molecule has 0 atom stereocenters. The summed E-state index contributed by atoms with van der Waals surface area (Å²) in [6, 6.07) is 12.4. The fraction of sp³-hybridized carbons (Fsp3) is 0.0714. The number of methoxy groups -OCH3 is 1. The summed E-state index contributed by atoms with van der Waals surface area (Å²) in [6.07, 6.45) is 0. The number of hydrogen-bond acceptors (Lipinski definition) is 2. The molecule has 0 aliphatic carbocycles. The molecular weight excluding hydrogens is 296 g/mol. The van der Waals surface area contributed by atoms with Gasteiger partial charge in [0, 0.05) is 4.47 Å². The standard InChI is InChI=1S/C14H11BrO3/c1-18-11-4-2-3-9(7-11)13-8-10(15)5-6-12(13)14(16)17/h2-8H,1H3,(H,16,17). The van der Waals surface area contributed by atoms with Gasteiger partial charge in [-0.1, -0.05) is 28.1 Å². The number of rotatable bonds is 3. The second-order valence-electron chi connectivity index (χ2n) is 3.73. The van der Waals surface area contributed by atoms with Gasteiger partial charge in [-0.3, -0.25) is 0 Å². The second kappa shape index (κ2) is 5.23. The minimum Gasteiger partial charge on any atom is -0.497 e. The molecule has 2 aromatic rings. The van der Waals surface area contributed by atoms with Crippen LogP contribution in [0.1, 0.15) is 10.4 Å². The highest BCUT2D eigenvalue weighted by Gasteiger charge is 2.12. The van der Waals surface area contributed by atoms with Crippen molar-refractivity contribution in [3.8, 4) is 16.9 Å². The zero-order valence-corrected chi connectivity index (χ0v) is 11.3. The molecule has 0 bridgehead atoms. The van der Waals surface area contributed by atoms with E-state index in [2.05, 4.69) is 15.9 Å². The van der Waals surface area contributed by atoms with Crippen molar-refractivity contribution in [2.75, 3.05) is 7.11 Å². The SMILES string of the molecule is COc1cccc(-c2cc(Br)ccc2C(=O)O)c1. The van der Waals surface area contributed by atoms with Crippen molar-refractivity contribution in [2.24, 2.45) is 0 Å². The molecule has 0 unspecified atom stereocenters. The van der Waals surface area contributed by atoms with Crippen molar-refractivity contribution in [3.05, 3.63) is 52.5 Å². The average molecular weight is 307 g/mol. The van der Waals surface area contributed by atoms with Gasteiger partial charge in [0.2, 0.25) is 0 Å². The predicted molar refractivity (Wildman–Crippen MR) is 73.1 cm³/mol. The highest BCUT2D eigenvalue weighted by atomic mass is 79.9. The van der Waals surface area contributed by atoms with Crippen molar-refractivity contribution < 1.29 is 14.6 Å². The zero-order valence-electron chi connectivity index (χ0n) is 9.68. The van der Waals surface area contributed by atoms with E-state index in [4.69, 9.17) is 4.74 Å². The van der Waals surface area contributed by atoms with Crippen molar-refractivity contribution in [1.82, 2.24) is 0 Å². The van der Waals surface area contributed by atoms with Crippen LogP contribution in [0.5, 0.6) is 5.75 Å². The van der Waals surface area contributed by atoms with Crippen molar-refractivity contribution in [2.45, 2.75) is 0 Å². The van der Waals surface area contributed by atoms with E-state index in [9.17, 15) is 9.90 Å². The Hall–Kier alpha value is -1.81. The van der Waals surface area contributed by atoms with Crippen LogP contribution in [0.3, 0.4) is 0 Å². The van der Waals surface area contributed by atoms with Crippen LogP contribution in [-0.2, 0) is 0 Å². The van der Waals surface area contributed by atoms with Crippen LogP contribution < -0.4 is 4.74 Å². The maximum atomic E-state index is 11.2. The molecule has 1 N–H and O–H groups in total. The van der Waals surface area contributed by atoms with Crippen LogP contribution in [-0.4, -0.2) is 18.2 Å². The molecule has 4 heteroatoms. The molecule has 0 saturated carbocycles. The van der Waals surface area contributed by atoms with E-state index < -0.39 is 5.97 Å². The van der Waals surface area contributed by atoms with E-state index in [0.717, 1.165) is 10.0 Å². The van der Waals surface area contributed by atoms with Gasteiger partial charge in [-0.25, -0.2) is 4.79 Å². The van der Waals surface area contributed by atoms with Gasteiger partial charge in [0.1, 0.15) is 5.75 Å². The van der Waals surface area contributed by atoms with Crippen molar-refractivity contribution in [3.63, 3.8) is 0 Å². The number of hydrogen-bond donors (Lipinski definition) is 1. The third-order valence-corrected chi connectivity index (χ3v) is 3.09. The number of carboxylic acids is 1. The third-order valence-electron chi connectivity index (χ3n) is 2.59. The molecule has 0 aliphatic rings. The Bertz CT molecular complexity index is 593. The molecule has 0 saturated heterocycles. The fourth-order valence-electron chi connectivity index (χ4n) is 1.73. The molecule has 2 rings (SSSR count). The van der Waals surface area contributed by atoms with E-state index in [-0.39, 0.29) is 5.56 Å². The van der Waals surface area contributed by atoms with E-state index in [1.807, 2.05) is 24.3 Å². The second-order valence-corrected chi connectivity index (χ2v) is 4.64. The number of halogens is 1. The van der Waals surface area contributed by atoms with Crippen LogP contribution in [0.25, 0.3) is 11.1 Å². The molecule has 0 aromatic heterocycles. The van der Waals surface area contributed by atoms with Crippen LogP contribution in [0.4, 0.5) is 0 Å². The first-order valence-electron chi connectivity index (χ1n) is 5.29. The highest BCUT2D eigenvalue weighted by Crippen LogP contribution is 2.29. The van der Waals surface area contributed by atoms with Gasteiger partial charge < -0.3 is 9.84 Å². The van der Waals surface area contributed by atoms with Gasteiger partial charge in [0.25, 0.3) is 0 Å². The zero-order chi connectivity index (χ0) is 13.1. The maximum Gasteiger partial charge on any atom is 0.336 e. The lowest BCUT2D eigenvalue weighted by atomic mass is 9.99. The lowest BCUT2D eigenvalue weighted by Gasteiger charge is -2.08. The molecule has 0 spiro atoms. The Balaban J connectivity index is 2.61. The lowest BCUT2D eigenvalue weighted by molar-refractivity contribution is 0.0697. The van der Waals surface area contributed by atoms with Gasteiger partial charge >= 0.3 is 5.97 Å². The first-order valence-corrected chi connectivity index (χ1v) is 6.08. The van der Waals surface area contributed by atoms with Crippen LogP contribution in [0, 0.1) is 0 Å². The Morgan fingerprint density at radius 3 is 2.67 bits per heavy atom. The van der Waals surface area contributed by atoms with Gasteiger partial charge in [-0.05, 0) is 41.5 Å². The number of ether oxygens (including phenoxy) is 1. The normalized spacial score (nSPS) is 10.1. The molecule has 18 heavy (non-hydrogen) atoms. The molecule has 0 radical (unpaired) electrons. The first kappa shape index (κ1) is 12.6. The third kappa shape index (κ3) is 2.54. The molecule has 0 aliphatic heterocycles. The summed E-state index contributed by atoms with van der Waals surface area (Å²) in [5.74, 6) is -0.246. The van der Waals surface area contributed by atoms with Crippen molar-refractivity contribution in [1.29, 1.82) is 0 Å². The van der Waals surface area contributed by atoms with E-state index in [0.29, 0.717) is 11.3 Å². The molecule has 3 nitrogen and oxygen atoms in total. The van der Waals surface area contributed by atoms with Gasteiger partial charge in [0.05, 0.1) is 12.7 Å². The molecule has 2 aromatic carbocycles. The van der Waals surface area contributed by atoms with Crippen LogP contribution in [0.15, 0.2) is 46.9 Å². The van der Waals surface area contributed by atoms with Crippen molar-refractivity contribution >= 4 is 21.9 Å². The minimum atomic E-state index is -0.944. The Morgan fingerprint density at radius 1 is 1.22 bits per heavy atom. The number of carbonyl (C=O) groups is 1. The van der Waals surface area contributed by atoms with Crippen LogP contribution in [0.2, 0.25) is 0 Å². The number of aromatic carboxylic acids is 1. The van der Waals surface area contributed by atoms with E-state index >= 15 is 0 Å². The van der Waals surface area contributed by atoms with E-state index in [1.54, 1.807) is 25.3 Å². The molecular formula is C14H11BrO3. The summed E-state index contributed by atoms with van der Waals surface area (Å²) in [5, 5.41) is 9.20. The highest BCUT2D eigenvalue weighted by molar-refractivity contribution is 9.10. The summed E-state index contributed by atoms with van der Waals surface area (Å²) < 4.78 is 5.99. The average Bonchev–Trinajstić information content (AvgIpc) is 2.38. The summed E-state index contributed by atoms with van der Waals surface area (Å²) >= 11 is 3.35. The smallest absolute Gasteiger partial charge is 0.336 e. The summed E-state index contributed by atoms with van der Waals surface area (Å²) in [5.41, 5.74) is 1.75. The first-order chi connectivity index (χ1) is 8.61. The van der Waals surface area contributed by atoms with Gasteiger partial charge in [-0.15, -0.1) is 0 Å². The topological polar surface area (TPSA) is 46.5 Å². The predicted octanol–water partition coefficient (Wildman–Crippen LogP) is 3.82. The summed E-state index contributed by atoms with van der Waals surface area (Å²) in [4.78, 5) is 11.2. The maximum absolute atomic E-state index is 11.2. The van der Waals surface area contributed by atoms with Gasteiger partial charge in [-0.2, -0.15) is 0 Å².